The molecule has 168 valence electrons. The van der Waals surface area contributed by atoms with Gasteiger partial charge in [-0.1, -0.05) is 0 Å². The Kier molecular flexibility index (Phi) is 10.1. The van der Waals surface area contributed by atoms with Gasteiger partial charge < -0.3 is 20.1 Å². The summed E-state index contributed by atoms with van der Waals surface area (Å²) in [7, 11) is 0. The molecule has 7 heteroatoms. The summed E-state index contributed by atoms with van der Waals surface area (Å²) in [6.45, 7) is 11.3. The summed E-state index contributed by atoms with van der Waals surface area (Å²) in [6, 6.07) is 7.15. The molecule has 1 saturated heterocycles. The average Bonchev–Trinajstić information content (AvgIpc) is 2.74. The number of benzene rings is 1. The van der Waals surface area contributed by atoms with Crippen LogP contribution in [-0.4, -0.2) is 61.7 Å². The van der Waals surface area contributed by atoms with Crippen molar-refractivity contribution in [1.82, 2.24) is 10.2 Å². The molecule has 1 aromatic carbocycles. The Bertz CT molecular complexity index is 655. The van der Waals surface area contributed by atoms with E-state index < -0.39 is 0 Å². The lowest BCUT2D eigenvalue weighted by molar-refractivity contribution is -0.127. The molecule has 1 aliphatic heterocycles. The quantitative estimate of drug-likeness (QED) is 0.539. The Morgan fingerprint density at radius 2 is 1.80 bits per heavy atom. The zero-order valence-corrected chi connectivity index (χ0v) is 18.8. The van der Waals surface area contributed by atoms with Crippen LogP contribution in [0.3, 0.4) is 0 Å². The molecule has 2 amide bonds. The van der Waals surface area contributed by atoms with Crippen LogP contribution in [0.1, 0.15) is 47.0 Å². The van der Waals surface area contributed by atoms with Crippen LogP contribution in [0.2, 0.25) is 0 Å². The normalized spacial score (nSPS) is 16.3. The van der Waals surface area contributed by atoms with Crippen LogP contribution < -0.4 is 15.4 Å². The van der Waals surface area contributed by atoms with Crippen LogP contribution in [0.5, 0.6) is 5.75 Å². The molecule has 2 N–H and O–H groups in total. The van der Waals surface area contributed by atoms with Gasteiger partial charge in [0, 0.05) is 24.8 Å². The molecule has 0 aliphatic carbocycles. The monoisotopic (exact) mass is 419 g/mol. The van der Waals surface area contributed by atoms with Gasteiger partial charge in [0.15, 0.2) is 0 Å². The van der Waals surface area contributed by atoms with Crippen molar-refractivity contribution in [2.24, 2.45) is 5.92 Å². The first-order chi connectivity index (χ1) is 14.4. The molecule has 7 nitrogen and oxygen atoms in total. The molecule has 1 aromatic rings. The number of carbonyl (C=O) groups is 2. The lowest BCUT2D eigenvalue weighted by Crippen LogP contribution is -2.48. The molecule has 1 unspecified atom stereocenters. The lowest BCUT2D eigenvalue weighted by atomic mass is 9.95. The summed E-state index contributed by atoms with van der Waals surface area (Å²) in [5, 5.41) is 5.97. The Morgan fingerprint density at radius 1 is 1.13 bits per heavy atom. The minimum absolute atomic E-state index is 0.0219. The fraction of sp³-hybridized carbons (Fsp3) is 0.652. The summed E-state index contributed by atoms with van der Waals surface area (Å²) in [4.78, 5) is 27.1. The largest absolute Gasteiger partial charge is 0.494 e. The third-order valence-corrected chi connectivity index (χ3v) is 5.33. The highest BCUT2D eigenvalue weighted by Gasteiger charge is 2.29. The number of amides is 2. The number of carbonyl (C=O) groups excluding carboxylic acids is 2. The highest BCUT2D eigenvalue weighted by atomic mass is 16.5. The van der Waals surface area contributed by atoms with Gasteiger partial charge in [-0.25, -0.2) is 0 Å². The van der Waals surface area contributed by atoms with E-state index in [0.29, 0.717) is 19.8 Å². The van der Waals surface area contributed by atoms with E-state index in [2.05, 4.69) is 15.5 Å². The van der Waals surface area contributed by atoms with E-state index in [1.54, 1.807) is 0 Å². The van der Waals surface area contributed by atoms with Crippen molar-refractivity contribution >= 4 is 17.5 Å². The Balaban J connectivity index is 1.70. The molecule has 0 radical (unpaired) electrons. The van der Waals surface area contributed by atoms with Crippen molar-refractivity contribution in [3.63, 3.8) is 0 Å². The summed E-state index contributed by atoms with van der Waals surface area (Å²) in [5.74, 6) is 0.892. The van der Waals surface area contributed by atoms with Gasteiger partial charge in [0.05, 0.1) is 18.8 Å². The number of hydrogen-bond donors (Lipinski definition) is 2. The number of nitrogens with one attached hydrogen (secondary N) is 2. The van der Waals surface area contributed by atoms with E-state index in [9.17, 15) is 9.59 Å². The Hall–Kier alpha value is -2.12. The fourth-order valence-corrected chi connectivity index (χ4v) is 3.51. The molecular weight excluding hydrogens is 382 g/mol. The summed E-state index contributed by atoms with van der Waals surface area (Å²) in [6.07, 6.45) is 2.59. The van der Waals surface area contributed by atoms with E-state index >= 15 is 0 Å². The third-order valence-electron chi connectivity index (χ3n) is 5.33. The van der Waals surface area contributed by atoms with Crippen LogP contribution in [0.15, 0.2) is 24.3 Å². The minimum Gasteiger partial charge on any atom is -0.494 e. The number of rotatable bonds is 11. The van der Waals surface area contributed by atoms with Gasteiger partial charge in [-0.05, 0) is 84.3 Å². The smallest absolute Gasteiger partial charge is 0.241 e. The molecule has 0 spiro atoms. The van der Waals surface area contributed by atoms with Crippen LogP contribution in [0.4, 0.5) is 5.69 Å². The number of hydrogen-bond acceptors (Lipinski definition) is 5. The lowest BCUT2D eigenvalue weighted by Gasteiger charge is -2.34. The topological polar surface area (TPSA) is 79.9 Å². The number of likely N-dealkylation sites (tertiary alicyclic amines) is 1. The second kappa shape index (κ2) is 12.5. The van der Waals surface area contributed by atoms with E-state index in [1.807, 2.05) is 52.0 Å². The third kappa shape index (κ3) is 7.95. The molecule has 0 bridgehead atoms. The van der Waals surface area contributed by atoms with Gasteiger partial charge in [0.1, 0.15) is 5.75 Å². The van der Waals surface area contributed by atoms with Crippen LogP contribution in [-0.2, 0) is 14.3 Å². The first-order valence-electron chi connectivity index (χ1n) is 11.1. The van der Waals surface area contributed by atoms with Crippen molar-refractivity contribution in [3.8, 4) is 5.75 Å². The van der Waals surface area contributed by atoms with Crippen molar-refractivity contribution in [1.29, 1.82) is 0 Å². The number of ether oxygens (including phenoxy) is 2. The summed E-state index contributed by atoms with van der Waals surface area (Å²) in [5.41, 5.74) is 0.756. The predicted molar refractivity (Wildman–Crippen MR) is 119 cm³/mol. The number of piperidine rings is 1. The molecule has 2 rings (SSSR count). The Labute approximate surface area is 180 Å². The maximum Gasteiger partial charge on any atom is 0.241 e. The molecule has 0 aromatic heterocycles. The second-order valence-corrected chi connectivity index (χ2v) is 8.00. The molecule has 1 fully saturated rings. The Morgan fingerprint density at radius 3 is 2.40 bits per heavy atom. The summed E-state index contributed by atoms with van der Waals surface area (Å²) < 4.78 is 10.9. The standard InChI is InChI=1S/C23H37N3O4/c1-5-29-21-9-7-20(8-10-21)25-22(27)18(4)26-14-11-19(12-15-26)23(28)24-13-6-16-30-17(2)3/h7-10,17-19H,5-6,11-16H2,1-4H3,(H,24,28)(H,25,27). The zero-order chi connectivity index (χ0) is 21.9. The van der Waals surface area contributed by atoms with Crippen LogP contribution in [0.25, 0.3) is 0 Å². The van der Waals surface area contributed by atoms with Gasteiger partial charge in [0.2, 0.25) is 11.8 Å². The predicted octanol–water partition coefficient (Wildman–Crippen LogP) is 3.06. The van der Waals surface area contributed by atoms with Gasteiger partial charge in [0.25, 0.3) is 0 Å². The zero-order valence-electron chi connectivity index (χ0n) is 18.8. The SMILES string of the molecule is CCOc1ccc(NC(=O)C(C)N2CCC(C(=O)NCCCOC(C)C)CC2)cc1. The van der Waals surface area contributed by atoms with Crippen molar-refractivity contribution < 1.29 is 19.1 Å². The first kappa shape index (κ1) is 24.2. The molecular formula is C23H37N3O4. The second-order valence-electron chi connectivity index (χ2n) is 8.00. The molecule has 1 heterocycles. The van der Waals surface area contributed by atoms with Gasteiger partial charge in [-0.15, -0.1) is 0 Å². The van der Waals surface area contributed by atoms with Crippen molar-refractivity contribution in [2.75, 3.05) is 38.2 Å². The first-order valence-corrected chi connectivity index (χ1v) is 11.1. The van der Waals surface area contributed by atoms with Crippen molar-refractivity contribution in [3.05, 3.63) is 24.3 Å². The average molecular weight is 420 g/mol. The molecule has 30 heavy (non-hydrogen) atoms. The van der Waals surface area contributed by atoms with E-state index in [0.717, 1.165) is 43.8 Å². The van der Waals surface area contributed by atoms with Crippen LogP contribution in [0, 0.1) is 5.92 Å². The van der Waals surface area contributed by atoms with E-state index in [4.69, 9.17) is 9.47 Å². The maximum atomic E-state index is 12.6. The number of anilines is 1. The molecule has 1 atom stereocenters. The van der Waals surface area contributed by atoms with Crippen molar-refractivity contribution in [2.45, 2.75) is 59.1 Å². The highest BCUT2D eigenvalue weighted by Crippen LogP contribution is 2.21. The van der Waals surface area contributed by atoms with Crippen LogP contribution >= 0.6 is 0 Å². The van der Waals surface area contributed by atoms with Gasteiger partial charge in [-0.3, -0.25) is 14.5 Å². The van der Waals surface area contributed by atoms with E-state index in [1.165, 1.54) is 0 Å². The fourth-order valence-electron chi connectivity index (χ4n) is 3.51. The molecule has 0 saturated carbocycles. The highest BCUT2D eigenvalue weighted by molar-refractivity contribution is 5.94. The van der Waals surface area contributed by atoms with Gasteiger partial charge >= 0.3 is 0 Å². The summed E-state index contributed by atoms with van der Waals surface area (Å²) >= 11 is 0. The molecule has 1 aliphatic rings. The maximum absolute atomic E-state index is 12.6. The minimum atomic E-state index is -0.242. The number of nitrogens with zero attached hydrogens (tertiary/aromatic N) is 1. The van der Waals surface area contributed by atoms with E-state index in [-0.39, 0.29) is 29.9 Å². The van der Waals surface area contributed by atoms with Gasteiger partial charge in [-0.2, -0.15) is 0 Å².